The Morgan fingerprint density at radius 2 is 1.25 bits per heavy atom. The number of hydrogen-bond donors (Lipinski definition) is 0. The fraction of sp³-hybridized carbons (Fsp3) is 0.300. The number of hydrogen-bond acceptors (Lipinski definition) is 0. The van der Waals surface area contributed by atoms with Crippen molar-refractivity contribution in [2.45, 2.75) is 40.0 Å². The van der Waals surface area contributed by atoms with Gasteiger partial charge in [0.2, 0.25) is 0 Å². The second-order valence-electron chi connectivity index (χ2n) is 6.28. The zero-order chi connectivity index (χ0) is 14.8. The van der Waals surface area contributed by atoms with Crippen molar-refractivity contribution in [1.29, 1.82) is 0 Å². The first-order valence-corrected chi connectivity index (χ1v) is 7.22. The molecule has 0 radical (unpaired) electrons. The molecule has 2 rings (SSSR count). The van der Waals surface area contributed by atoms with Crippen molar-refractivity contribution >= 4 is 5.57 Å². The molecule has 0 aliphatic rings. The molecule has 0 atom stereocenters. The lowest BCUT2D eigenvalue weighted by Gasteiger charge is -2.23. The van der Waals surface area contributed by atoms with Gasteiger partial charge in [0, 0.05) is 5.41 Å². The van der Waals surface area contributed by atoms with Crippen molar-refractivity contribution in [2.75, 3.05) is 0 Å². The standard InChI is InChI=1S/C20H24/c1-15-6-10-18(11-7-15)17(3)14-20(4,5)19-12-8-16(2)9-13-19/h6-14H,1-5H3. The summed E-state index contributed by atoms with van der Waals surface area (Å²) in [4.78, 5) is 0. The summed E-state index contributed by atoms with van der Waals surface area (Å²) in [6.07, 6.45) is 2.36. The Balaban J connectivity index is 2.31. The summed E-state index contributed by atoms with van der Waals surface area (Å²) in [5.74, 6) is 0. The van der Waals surface area contributed by atoms with E-state index in [-0.39, 0.29) is 5.41 Å². The highest BCUT2D eigenvalue weighted by molar-refractivity contribution is 5.65. The van der Waals surface area contributed by atoms with Gasteiger partial charge in [-0.05, 0) is 37.5 Å². The minimum Gasteiger partial charge on any atom is -0.0710 e. The highest BCUT2D eigenvalue weighted by Gasteiger charge is 2.17. The lowest BCUT2D eigenvalue weighted by Crippen LogP contribution is -2.14. The predicted molar refractivity (Wildman–Crippen MR) is 89.0 cm³/mol. The molecule has 0 N–H and O–H groups in total. The third-order valence-corrected chi connectivity index (χ3v) is 3.88. The Morgan fingerprint density at radius 3 is 1.75 bits per heavy atom. The summed E-state index contributed by atoms with van der Waals surface area (Å²) in [5, 5.41) is 0. The SMILES string of the molecule is CC(=CC(C)(C)c1ccc(C)cc1)c1ccc(C)cc1. The topological polar surface area (TPSA) is 0 Å². The van der Waals surface area contributed by atoms with E-state index in [0.29, 0.717) is 0 Å². The van der Waals surface area contributed by atoms with Crippen LogP contribution in [0.3, 0.4) is 0 Å². The molecule has 0 bridgehead atoms. The highest BCUT2D eigenvalue weighted by atomic mass is 14.2. The van der Waals surface area contributed by atoms with E-state index in [1.165, 1.54) is 27.8 Å². The highest BCUT2D eigenvalue weighted by Crippen LogP contribution is 2.29. The Bertz CT molecular complexity index is 595. The van der Waals surface area contributed by atoms with Gasteiger partial charge in [0.05, 0.1) is 0 Å². The number of benzene rings is 2. The molecule has 0 saturated heterocycles. The summed E-state index contributed by atoms with van der Waals surface area (Å²) < 4.78 is 0. The Labute approximate surface area is 123 Å². The van der Waals surface area contributed by atoms with E-state index < -0.39 is 0 Å². The molecule has 20 heavy (non-hydrogen) atoms. The van der Waals surface area contributed by atoms with E-state index in [1.54, 1.807) is 0 Å². The van der Waals surface area contributed by atoms with Crippen LogP contribution in [-0.2, 0) is 5.41 Å². The number of aryl methyl sites for hydroxylation is 2. The van der Waals surface area contributed by atoms with Gasteiger partial charge in [0.1, 0.15) is 0 Å². The fourth-order valence-corrected chi connectivity index (χ4v) is 2.51. The zero-order valence-electron chi connectivity index (χ0n) is 13.2. The van der Waals surface area contributed by atoms with E-state index in [2.05, 4.69) is 89.2 Å². The third kappa shape index (κ3) is 3.39. The van der Waals surface area contributed by atoms with Crippen molar-refractivity contribution < 1.29 is 0 Å². The maximum Gasteiger partial charge on any atom is 0.00812 e. The van der Waals surface area contributed by atoms with Crippen LogP contribution in [0.2, 0.25) is 0 Å². The first-order valence-electron chi connectivity index (χ1n) is 7.22. The van der Waals surface area contributed by atoms with Gasteiger partial charge in [-0.3, -0.25) is 0 Å². The first-order chi connectivity index (χ1) is 9.38. The minimum atomic E-state index is 0.0443. The third-order valence-electron chi connectivity index (χ3n) is 3.88. The zero-order valence-corrected chi connectivity index (χ0v) is 13.2. The average molecular weight is 264 g/mol. The molecule has 0 aliphatic heterocycles. The van der Waals surface area contributed by atoms with E-state index in [1.807, 2.05) is 0 Å². The normalized spacial score (nSPS) is 12.6. The maximum atomic E-state index is 2.36. The van der Waals surface area contributed by atoms with Crippen LogP contribution in [0, 0.1) is 13.8 Å². The van der Waals surface area contributed by atoms with Crippen molar-refractivity contribution in [1.82, 2.24) is 0 Å². The van der Waals surface area contributed by atoms with Gasteiger partial charge >= 0.3 is 0 Å². The Morgan fingerprint density at radius 1 is 0.800 bits per heavy atom. The fourth-order valence-electron chi connectivity index (χ4n) is 2.51. The van der Waals surface area contributed by atoms with Crippen LogP contribution in [0.15, 0.2) is 54.6 Å². The second-order valence-corrected chi connectivity index (χ2v) is 6.28. The first kappa shape index (κ1) is 14.6. The van der Waals surface area contributed by atoms with Crippen LogP contribution in [-0.4, -0.2) is 0 Å². The van der Waals surface area contributed by atoms with Crippen LogP contribution < -0.4 is 0 Å². The van der Waals surface area contributed by atoms with E-state index in [9.17, 15) is 0 Å². The summed E-state index contributed by atoms with van der Waals surface area (Å²) in [6.45, 7) is 11.0. The summed E-state index contributed by atoms with van der Waals surface area (Å²) in [7, 11) is 0. The van der Waals surface area contributed by atoms with Gasteiger partial charge in [-0.15, -0.1) is 0 Å². The van der Waals surface area contributed by atoms with E-state index in [0.717, 1.165) is 0 Å². The Hall–Kier alpha value is -1.82. The molecule has 0 saturated carbocycles. The molecule has 0 unspecified atom stereocenters. The molecule has 0 aromatic heterocycles. The minimum absolute atomic E-state index is 0.0443. The molecule has 0 spiro atoms. The van der Waals surface area contributed by atoms with Crippen LogP contribution in [0.1, 0.15) is 43.0 Å². The van der Waals surface area contributed by atoms with E-state index >= 15 is 0 Å². The lowest BCUT2D eigenvalue weighted by atomic mass is 9.82. The quantitative estimate of drug-likeness (QED) is 0.668. The monoisotopic (exact) mass is 264 g/mol. The van der Waals surface area contributed by atoms with Gasteiger partial charge in [0.15, 0.2) is 0 Å². The van der Waals surface area contributed by atoms with Crippen molar-refractivity contribution in [3.05, 3.63) is 76.9 Å². The molecule has 0 aliphatic carbocycles. The molecule has 0 fully saturated rings. The Kier molecular flexibility index (Phi) is 4.13. The summed E-state index contributed by atoms with van der Waals surface area (Å²) in [6, 6.07) is 17.6. The van der Waals surface area contributed by atoms with Crippen LogP contribution in [0.25, 0.3) is 5.57 Å². The molecule has 104 valence electrons. The second kappa shape index (κ2) is 5.66. The maximum absolute atomic E-state index is 2.36. The molecule has 2 aromatic rings. The lowest BCUT2D eigenvalue weighted by molar-refractivity contribution is 0.671. The molecule has 0 amide bonds. The largest absolute Gasteiger partial charge is 0.0710 e. The van der Waals surface area contributed by atoms with Gasteiger partial charge in [-0.2, -0.15) is 0 Å². The predicted octanol–water partition coefficient (Wildman–Crippen LogP) is 5.68. The van der Waals surface area contributed by atoms with Gasteiger partial charge in [0.25, 0.3) is 0 Å². The van der Waals surface area contributed by atoms with Crippen molar-refractivity contribution in [3.8, 4) is 0 Å². The van der Waals surface area contributed by atoms with Crippen LogP contribution in [0.5, 0.6) is 0 Å². The van der Waals surface area contributed by atoms with E-state index in [4.69, 9.17) is 0 Å². The van der Waals surface area contributed by atoms with Crippen LogP contribution >= 0.6 is 0 Å². The molecule has 0 nitrogen and oxygen atoms in total. The summed E-state index contributed by atoms with van der Waals surface area (Å²) in [5.41, 5.74) is 6.65. The number of allylic oxidation sites excluding steroid dienone is 2. The van der Waals surface area contributed by atoms with Gasteiger partial charge in [-0.1, -0.05) is 79.6 Å². The van der Waals surface area contributed by atoms with Gasteiger partial charge < -0.3 is 0 Å². The summed E-state index contributed by atoms with van der Waals surface area (Å²) >= 11 is 0. The van der Waals surface area contributed by atoms with Crippen LogP contribution in [0.4, 0.5) is 0 Å². The van der Waals surface area contributed by atoms with Gasteiger partial charge in [-0.25, -0.2) is 0 Å². The van der Waals surface area contributed by atoms with Crippen molar-refractivity contribution in [2.24, 2.45) is 0 Å². The molecular formula is C20H24. The smallest absolute Gasteiger partial charge is 0.00812 e. The molecule has 2 aromatic carbocycles. The molecule has 0 heteroatoms. The van der Waals surface area contributed by atoms with Crippen molar-refractivity contribution in [3.63, 3.8) is 0 Å². The molecular weight excluding hydrogens is 240 g/mol. The number of rotatable bonds is 3. The molecule has 0 heterocycles. The average Bonchev–Trinajstić information content (AvgIpc) is 2.39.